The Morgan fingerprint density at radius 2 is 1.66 bits per heavy atom. The lowest BCUT2D eigenvalue weighted by Crippen LogP contribution is -2.24. The first-order valence-corrected chi connectivity index (χ1v) is 9.77. The van der Waals surface area contributed by atoms with Gasteiger partial charge in [0.05, 0.1) is 32.3 Å². The minimum Gasteiger partial charge on any atom is -0.497 e. The summed E-state index contributed by atoms with van der Waals surface area (Å²) >= 11 is 0. The van der Waals surface area contributed by atoms with Gasteiger partial charge in [-0.25, -0.2) is 0 Å². The molecule has 29 heavy (non-hydrogen) atoms. The molecule has 0 fully saturated rings. The lowest BCUT2D eigenvalue weighted by atomic mass is 9.95. The Morgan fingerprint density at radius 3 is 2.24 bits per heavy atom. The van der Waals surface area contributed by atoms with Gasteiger partial charge in [0.15, 0.2) is 0 Å². The van der Waals surface area contributed by atoms with Crippen molar-refractivity contribution >= 4 is 11.9 Å². The third-order valence-electron chi connectivity index (χ3n) is 4.72. The van der Waals surface area contributed by atoms with Crippen LogP contribution < -0.4 is 14.8 Å². The Hall–Kier alpha value is -3.02. The molecule has 1 atom stereocenters. The molecule has 0 radical (unpaired) electrons. The molecule has 2 rings (SSSR count). The van der Waals surface area contributed by atoms with Gasteiger partial charge in [-0.15, -0.1) is 0 Å². The Kier molecular flexibility index (Phi) is 8.52. The van der Waals surface area contributed by atoms with E-state index in [0.717, 1.165) is 16.9 Å². The topological polar surface area (TPSA) is 73.9 Å². The number of carbonyl (C=O) groups excluding carboxylic acids is 2. The minimum atomic E-state index is -0.237. The van der Waals surface area contributed by atoms with Crippen LogP contribution in [0, 0.1) is 5.92 Å². The predicted octanol–water partition coefficient (Wildman–Crippen LogP) is 3.77. The third kappa shape index (κ3) is 6.24. The number of hydrogen-bond acceptors (Lipinski definition) is 5. The molecule has 0 bridgehead atoms. The molecule has 1 N–H and O–H groups in total. The highest BCUT2D eigenvalue weighted by molar-refractivity contribution is 5.97. The molecule has 2 aromatic rings. The summed E-state index contributed by atoms with van der Waals surface area (Å²) in [4.78, 5) is 24.8. The van der Waals surface area contributed by atoms with Crippen LogP contribution in [0.4, 0.5) is 0 Å². The molecule has 156 valence electrons. The number of carbonyl (C=O) groups is 2. The number of benzene rings is 2. The molecule has 2 aromatic carbocycles. The number of nitrogens with one attached hydrogen (secondary N) is 1. The van der Waals surface area contributed by atoms with Crippen LogP contribution in [0.3, 0.4) is 0 Å². The van der Waals surface area contributed by atoms with E-state index in [-0.39, 0.29) is 17.8 Å². The summed E-state index contributed by atoms with van der Waals surface area (Å²) in [5.74, 6) is 0.574. The second-order valence-electron chi connectivity index (χ2n) is 6.63. The van der Waals surface area contributed by atoms with E-state index >= 15 is 0 Å². The zero-order valence-electron chi connectivity index (χ0n) is 17.5. The van der Waals surface area contributed by atoms with Crippen molar-refractivity contribution in [1.82, 2.24) is 5.32 Å². The van der Waals surface area contributed by atoms with E-state index in [1.165, 1.54) is 7.11 Å². The van der Waals surface area contributed by atoms with Crippen molar-refractivity contribution in [1.29, 1.82) is 0 Å². The van der Waals surface area contributed by atoms with E-state index < -0.39 is 0 Å². The monoisotopic (exact) mass is 399 g/mol. The molecule has 0 aliphatic rings. The molecule has 0 heterocycles. The van der Waals surface area contributed by atoms with Gasteiger partial charge in [-0.2, -0.15) is 0 Å². The fraction of sp³-hybridized carbons (Fsp3) is 0.391. The number of esters is 1. The van der Waals surface area contributed by atoms with Crippen molar-refractivity contribution in [2.24, 2.45) is 5.92 Å². The van der Waals surface area contributed by atoms with E-state index in [0.29, 0.717) is 37.3 Å². The van der Waals surface area contributed by atoms with Gasteiger partial charge in [0, 0.05) is 6.54 Å². The second-order valence-corrected chi connectivity index (χ2v) is 6.63. The average molecular weight is 399 g/mol. The van der Waals surface area contributed by atoms with Crippen molar-refractivity contribution in [3.8, 4) is 11.5 Å². The van der Waals surface area contributed by atoms with Crippen LogP contribution in [-0.4, -0.2) is 32.7 Å². The SMILES string of the molecule is CCOC(=O)C(CC)Cc1ccc(OC)c(C(=O)NCc2ccc(OC)cc2)c1. The maximum atomic E-state index is 12.8. The lowest BCUT2D eigenvalue weighted by molar-refractivity contribution is -0.148. The Morgan fingerprint density at radius 1 is 0.966 bits per heavy atom. The maximum absolute atomic E-state index is 12.8. The van der Waals surface area contributed by atoms with Crippen molar-refractivity contribution < 1.29 is 23.8 Å². The van der Waals surface area contributed by atoms with Gasteiger partial charge in [-0.05, 0) is 55.2 Å². The number of amides is 1. The number of ether oxygens (including phenoxy) is 3. The van der Waals surface area contributed by atoms with Crippen LogP contribution in [0.25, 0.3) is 0 Å². The molecule has 0 aromatic heterocycles. The molecule has 0 saturated heterocycles. The zero-order valence-corrected chi connectivity index (χ0v) is 17.5. The van der Waals surface area contributed by atoms with Crippen LogP contribution in [0.2, 0.25) is 0 Å². The van der Waals surface area contributed by atoms with Crippen LogP contribution in [0.1, 0.15) is 41.8 Å². The Labute approximate surface area is 172 Å². The first kappa shape index (κ1) is 22.3. The fourth-order valence-corrected chi connectivity index (χ4v) is 3.02. The molecule has 0 saturated carbocycles. The highest BCUT2D eigenvalue weighted by Gasteiger charge is 2.20. The molecular formula is C23H29NO5. The van der Waals surface area contributed by atoms with Gasteiger partial charge in [0.25, 0.3) is 5.91 Å². The van der Waals surface area contributed by atoms with Gasteiger partial charge in [-0.1, -0.05) is 25.1 Å². The normalized spacial score (nSPS) is 11.4. The average Bonchev–Trinajstić information content (AvgIpc) is 2.76. The van der Waals surface area contributed by atoms with Gasteiger partial charge in [-0.3, -0.25) is 9.59 Å². The van der Waals surface area contributed by atoms with Crippen LogP contribution in [0.5, 0.6) is 11.5 Å². The van der Waals surface area contributed by atoms with E-state index in [1.54, 1.807) is 26.2 Å². The summed E-state index contributed by atoms with van der Waals surface area (Å²) in [5, 5.41) is 2.91. The Balaban J connectivity index is 2.11. The minimum absolute atomic E-state index is 0.212. The molecule has 6 nitrogen and oxygen atoms in total. The lowest BCUT2D eigenvalue weighted by Gasteiger charge is -2.15. The summed E-state index contributed by atoms with van der Waals surface area (Å²) in [7, 11) is 3.14. The second kappa shape index (κ2) is 11.1. The van der Waals surface area contributed by atoms with E-state index in [1.807, 2.05) is 37.3 Å². The van der Waals surface area contributed by atoms with Crippen molar-refractivity contribution in [2.75, 3.05) is 20.8 Å². The van der Waals surface area contributed by atoms with Crippen LogP contribution in [0.15, 0.2) is 42.5 Å². The largest absolute Gasteiger partial charge is 0.497 e. The van der Waals surface area contributed by atoms with Gasteiger partial charge in [0.2, 0.25) is 0 Å². The highest BCUT2D eigenvalue weighted by atomic mass is 16.5. The Bertz CT molecular complexity index is 817. The fourth-order valence-electron chi connectivity index (χ4n) is 3.02. The van der Waals surface area contributed by atoms with Crippen molar-refractivity contribution in [3.05, 3.63) is 59.2 Å². The number of methoxy groups -OCH3 is 2. The van der Waals surface area contributed by atoms with Crippen LogP contribution >= 0.6 is 0 Å². The summed E-state index contributed by atoms with van der Waals surface area (Å²) in [6.45, 7) is 4.49. The smallest absolute Gasteiger partial charge is 0.309 e. The van der Waals surface area contributed by atoms with Crippen molar-refractivity contribution in [3.63, 3.8) is 0 Å². The summed E-state index contributed by atoms with van der Waals surface area (Å²) < 4.78 is 15.6. The standard InChI is InChI=1S/C23H29NO5/c1-5-18(23(26)29-6-2)13-17-9-12-21(28-4)20(14-17)22(25)24-15-16-7-10-19(27-3)11-8-16/h7-12,14,18H,5-6,13,15H2,1-4H3,(H,24,25). The molecular weight excluding hydrogens is 370 g/mol. The van der Waals surface area contributed by atoms with E-state index in [2.05, 4.69) is 5.32 Å². The number of hydrogen-bond donors (Lipinski definition) is 1. The summed E-state index contributed by atoms with van der Waals surface area (Å²) in [5.41, 5.74) is 2.29. The highest BCUT2D eigenvalue weighted by Crippen LogP contribution is 2.23. The first-order chi connectivity index (χ1) is 14.0. The van der Waals surface area contributed by atoms with E-state index in [9.17, 15) is 9.59 Å². The first-order valence-electron chi connectivity index (χ1n) is 9.77. The quantitative estimate of drug-likeness (QED) is 0.616. The van der Waals surface area contributed by atoms with Gasteiger partial charge < -0.3 is 19.5 Å². The molecule has 1 unspecified atom stereocenters. The molecule has 0 spiro atoms. The van der Waals surface area contributed by atoms with Gasteiger partial charge >= 0.3 is 5.97 Å². The predicted molar refractivity (Wildman–Crippen MR) is 111 cm³/mol. The molecule has 6 heteroatoms. The van der Waals surface area contributed by atoms with E-state index in [4.69, 9.17) is 14.2 Å². The summed E-state index contributed by atoms with van der Waals surface area (Å²) in [6.07, 6.45) is 1.18. The van der Waals surface area contributed by atoms with Crippen LogP contribution in [-0.2, 0) is 22.5 Å². The number of rotatable bonds is 10. The van der Waals surface area contributed by atoms with Gasteiger partial charge in [0.1, 0.15) is 11.5 Å². The molecule has 0 aliphatic heterocycles. The molecule has 1 amide bonds. The third-order valence-corrected chi connectivity index (χ3v) is 4.72. The van der Waals surface area contributed by atoms with Crippen molar-refractivity contribution in [2.45, 2.75) is 33.2 Å². The maximum Gasteiger partial charge on any atom is 0.309 e. The summed E-state index contributed by atoms with van der Waals surface area (Å²) in [6, 6.07) is 12.9. The zero-order chi connectivity index (χ0) is 21.2. The molecule has 0 aliphatic carbocycles.